The Labute approximate surface area is 273 Å². The summed E-state index contributed by atoms with van der Waals surface area (Å²) in [6, 6.07) is 11.3. The van der Waals surface area contributed by atoms with Gasteiger partial charge in [0.1, 0.15) is 6.10 Å². The molecule has 0 aromatic heterocycles. The molecule has 1 aliphatic carbocycles. The molecule has 2 aliphatic rings. The Kier molecular flexibility index (Phi) is 13.8. The van der Waals surface area contributed by atoms with Crippen LogP contribution in [0, 0.1) is 0 Å². The van der Waals surface area contributed by atoms with E-state index in [2.05, 4.69) is 15.2 Å². The Bertz CT molecular complexity index is 1460. The van der Waals surface area contributed by atoms with E-state index in [1.807, 2.05) is 0 Å². The van der Waals surface area contributed by atoms with Crippen LogP contribution in [0.1, 0.15) is 100.0 Å². The van der Waals surface area contributed by atoms with Gasteiger partial charge in [-0.05, 0) is 43.9 Å². The van der Waals surface area contributed by atoms with Gasteiger partial charge in [-0.1, -0.05) is 43.5 Å². The number of fused-ring (bicyclic) bond motifs is 2. The standard InChI is InChI=1S/C33H43N2O11P/c1-43-27-20-30(46-28(27)21-45-47(40,41)42)44-18-10-3-2-8-16-34-29(36)13-5-4-9-17-35-33(39)22-14-15-25-26(19-22)32(38)24-12-7-6-11-23(24)31(25)37/h6-7,11-12,14-15,19,27-28,30H,2-5,8-10,13,16-18,20-21H2,1H3,(H,34,36)(H,35,39)(H2,40,41,42). The van der Waals surface area contributed by atoms with E-state index in [4.69, 9.17) is 24.0 Å². The SMILES string of the molecule is COC1CC(OCCCCCCNC(=O)CCCCCNC(=O)c2ccc3c(c2)C(=O)c2ccccc2C3=O)OC1COP(=O)(O)O. The average Bonchev–Trinajstić information content (AvgIpc) is 3.46. The molecule has 2 aromatic carbocycles. The van der Waals surface area contributed by atoms with E-state index >= 15 is 0 Å². The fourth-order valence-electron chi connectivity index (χ4n) is 5.60. The van der Waals surface area contributed by atoms with Gasteiger partial charge >= 0.3 is 7.82 Å². The van der Waals surface area contributed by atoms with Crippen LogP contribution in [-0.2, 0) is 28.1 Å². The molecule has 2 amide bonds. The summed E-state index contributed by atoms with van der Waals surface area (Å²) in [5, 5.41) is 5.78. The van der Waals surface area contributed by atoms with E-state index in [9.17, 15) is 23.7 Å². The average molecular weight is 675 g/mol. The number of carbonyl (C=O) groups is 4. The van der Waals surface area contributed by atoms with Gasteiger partial charge in [0.15, 0.2) is 17.9 Å². The lowest BCUT2D eigenvalue weighted by Gasteiger charge is -2.18. The van der Waals surface area contributed by atoms with Crippen molar-refractivity contribution in [3.63, 3.8) is 0 Å². The third kappa shape index (κ3) is 10.9. The van der Waals surface area contributed by atoms with Gasteiger partial charge < -0.3 is 34.6 Å². The number of rotatable bonds is 19. The first-order valence-corrected chi connectivity index (χ1v) is 17.5. The highest BCUT2D eigenvalue weighted by Crippen LogP contribution is 2.37. The highest BCUT2D eigenvalue weighted by molar-refractivity contribution is 7.46. The Morgan fingerprint density at radius 2 is 1.51 bits per heavy atom. The van der Waals surface area contributed by atoms with Gasteiger partial charge in [0.2, 0.25) is 5.91 Å². The van der Waals surface area contributed by atoms with Gasteiger partial charge in [0.25, 0.3) is 5.91 Å². The van der Waals surface area contributed by atoms with Crippen LogP contribution >= 0.6 is 7.82 Å². The van der Waals surface area contributed by atoms with E-state index in [1.165, 1.54) is 19.2 Å². The molecule has 4 rings (SSSR count). The van der Waals surface area contributed by atoms with E-state index in [-0.39, 0.29) is 41.7 Å². The summed E-state index contributed by atoms with van der Waals surface area (Å²) in [4.78, 5) is 68.2. The second-order valence-corrected chi connectivity index (χ2v) is 12.8. The summed E-state index contributed by atoms with van der Waals surface area (Å²) in [6.45, 7) is 1.22. The van der Waals surface area contributed by atoms with Crippen LogP contribution in [0.3, 0.4) is 0 Å². The number of hydrogen-bond donors (Lipinski definition) is 4. The number of methoxy groups -OCH3 is 1. The topological polar surface area (TPSA) is 187 Å². The molecule has 14 heteroatoms. The minimum Gasteiger partial charge on any atom is -0.378 e. The molecule has 2 aromatic rings. The molecule has 13 nitrogen and oxygen atoms in total. The molecule has 1 fully saturated rings. The lowest BCUT2D eigenvalue weighted by Crippen LogP contribution is -2.27. The van der Waals surface area contributed by atoms with Gasteiger partial charge in [0.05, 0.1) is 12.7 Å². The van der Waals surface area contributed by atoms with E-state index in [0.29, 0.717) is 67.6 Å². The summed E-state index contributed by atoms with van der Waals surface area (Å²) in [7, 11) is -3.09. The fourth-order valence-corrected chi connectivity index (χ4v) is 5.94. The zero-order chi connectivity index (χ0) is 33.8. The maximum absolute atomic E-state index is 12.9. The van der Waals surface area contributed by atoms with Crippen LogP contribution in [-0.4, -0.2) is 85.1 Å². The van der Waals surface area contributed by atoms with Gasteiger partial charge in [-0.2, -0.15) is 0 Å². The zero-order valence-corrected chi connectivity index (χ0v) is 27.4. The maximum atomic E-state index is 12.9. The molecule has 4 N–H and O–H groups in total. The Morgan fingerprint density at radius 3 is 2.21 bits per heavy atom. The Morgan fingerprint density at radius 1 is 0.872 bits per heavy atom. The molecule has 1 saturated heterocycles. The second-order valence-electron chi connectivity index (χ2n) is 11.6. The molecular weight excluding hydrogens is 631 g/mol. The summed E-state index contributed by atoms with van der Waals surface area (Å²) in [5.74, 6) is -0.811. The zero-order valence-electron chi connectivity index (χ0n) is 26.5. The van der Waals surface area contributed by atoms with Crippen molar-refractivity contribution in [3.8, 4) is 0 Å². The first-order valence-electron chi connectivity index (χ1n) is 15.9. The molecule has 3 atom stereocenters. The van der Waals surface area contributed by atoms with Crippen LogP contribution in [0.5, 0.6) is 0 Å². The summed E-state index contributed by atoms with van der Waals surface area (Å²) < 4.78 is 32.1. The predicted molar refractivity (Wildman–Crippen MR) is 170 cm³/mol. The Balaban J connectivity index is 0.997. The molecule has 0 bridgehead atoms. The molecule has 256 valence electrons. The number of ether oxygens (including phenoxy) is 3. The number of hydrogen-bond acceptors (Lipinski definition) is 9. The summed E-state index contributed by atoms with van der Waals surface area (Å²) in [5.41, 5.74) is 1.58. The van der Waals surface area contributed by atoms with Crippen molar-refractivity contribution in [1.82, 2.24) is 10.6 Å². The molecule has 0 saturated carbocycles. The monoisotopic (exact) mass is 674 g/mol. The number of carbonyl (C=O) groups excluding carboxylic acids is 4. The third-order valence-corrected chi connectivity index (χ3v) is 8.61. The van der Waals surface area contributed by atoms with Gasteiger partial charge in [-0.3, -0.25) is 23.7 Å². The number of phosphoric acid groups is 1. The van der Waals surface area contributed by atoms with Crippen LogP contribution in [0.4, 0.5) is 0 Å². The highest BCUT2D eigenvalue weighted by Gasteiger charge is 2.37. The minimum absolute atomic E-state index is 0.00409. The lowest BCUT2D eigenvalue weighted by molar-refractivity contribution is -0.143. The van der Waals surface area contributed by atoms with Crippen molar-refractivity contribution >= 4 is 31.2 Å². The normalized spacial score (nSPS) is 18.9. The molecule has 47 heavy (non-hydrogen) atoms. The summed E-state index contributed by atoms with van der Waals surface area (Å²) >= 11 is 0. The number of nitrogens with one attached hydrogen (secondary N) is 2. The molecule has 3 unspecified atom stereocenters. The van der Waals surface area contributed by atoms with Crippen LogP contribution in [0.2, 0.25) is 0 Å². The van der Waals surface area contributed by atoms with E-state index in [1.54, 1.807) is 30.3 Å². The molecule has 1 heterocycles. The van der Waals surface area contributed by atoms with Crippen molar-refractivity contribution in [2.75, 3.05) is 33.4 Å². The molecule has 1 aliphatic heterocycles. The van der Waals surface area contributed by atoms with Crippen molar-refractivity contribution in [1.29, 1.82) is 0 Å². The van der Waals surface area contributed by atoms with Crippen molar-refractivity contribution in [3.05, 3.63) is 70.3 Å². The minimum atomic E-state index is -4.58. The molecule has 0 radical (unpaired) electrons. The lowest BCUT2D eigenvalue weighted by atomic mass is 9.83. The molecule has 0 spiro atoms. The third-order valence-electron chi connectivity index (χ3n) is 8.13. The van der Waals surface area contributed by atoms with Gasteiger partial charge in [-0.25, -0.2) is 4.57 Å². The van der Waals surface area contributed by atoms with Crippen molar-refractivity contribution in [2.24, 2.45) is 0 Å². The number of benzene rings is 2. The summed E-state index contributed by atoms with van der Waals surface area (Å²) in [6.07, 6.45) is 5.04. The number of phosphoric ester groups is 1. The van der Waals surface area contributed by atoms with Crippen LogP contribution < -0.4 is 10.6 Å². The maximum Gasteiger partial charge on any atom is 0.469 e. The van der Waals surface area contributed by atoms with Crippen molar-refractivity contribution < 1.29 is 52.3 Å². The first-order chi connectivity index (χ1) is 22.6. The Hall–Kier alpha value is -3.29. The largest absolute Gasteiger partial charge is 0.469 e. The van der Waals surface area contributed by atoms with E-state index < -0.39 is 20.2 Å². The first kappa shape index (κ1) is 36.5. The predicted octanol–water partition coefficient (Wildman–Crippen LogP) is 3.68. The smallest absolute Gasteiger partial charge is 0.378 e. The number of amides is 2. The van der Waals surface area contributed by atoms with Gasteiger partial charge in [-0.15, -0.1) is 0 Å². The number of unbranched alkanes of at least 4 members (excludes halogenated alkanes) is 5. The fraction of sp³-hybridized carbons (Fsp3) is 0.515. The number of ketones is 2. The van der Waals surface area contributed by atoms with E-state index in [0.717, 1.165) is 32.1 Å². The van der Waals surface area contributed by atoms with Crippen LogP contribution in [0.25, 0.3) is 0 Å². The molecular formula is C33H43N2O11P. The van der Waals surface area contributed by atoms with Crippen LogP contribution in [0.15, 0.2) is 42.5 Å². The highest BCUT2D eigenvalue weighted by atomic mass is 31.2. The van der Waals surface area contributed by atoms with Gasteiger partial charge in [0, 0.05) is 67.5 Å². The second kappa shape index (κ2) is 17.7. The van der Waals surface area contributed by atoms with Crippen molar-refractivity contribution in [2.45, 2.75) is 76.3 Å². The quantitative estimate of drug-likeness (QED) is 0.107.